The van der Waals surface area contributed by atoms with Crippen LogP contribution in [0.2, 0.25) is 0 Å². The van der Waals surface area contributed by atoms with Gasteiger partial charge in [-0.05, 0) is 31.1 Å². The van der Waals surface area contributed by atoms with E-state index in [0.29, 0.717) is 23.6 Å². The smallest absolute Gasteiger partial charge is 0.241 e. The highest BCUT2D eigenvalue weighted by atomic mass is 15.3. The Morgan fingerprint density at radius 2 is 2.15 bits per heavy atom. The maximum absolute atomic E-state index is 5.42. The molecule has 2 aromatic rings. The van der Waals surface area contributed by atoms with Crippen LogP contribution in [-0.4, -0.2) is 26.2 Å². The summed E-state index contributed by atoms with van der Waals surface area (Å²) in [6.07, 6.45) is 5.41. The molecule has 0 radical (unpaired) electrons. The molecule has 1 saturated carbocycles. The van der Waals surface area contributed by atoms with Gasteiger partial charge < -0.3 is 5.32 Å². The molecule has 108 valence electrons. The predicted octanol–water partition coefficient (Wildman–Crippen LogP) is 1.88. The number of hydrogen-bond acceptors (Lipinski definition) is 6. The molecule has 0 bridgehead atoms. The summed E-state index contributed by atoms with van der Waals surface area (Å²) in [6, 6.07) is 0.435. The van der Waals surface area contributed by atoms with Gasteiger partial charge in [0.05, 0.1) is 11.6 Å². The second-order valence-corrected chi connectivity index (χ2v) is 5.82. The number of nitrogens with two attached hydrogens (primary N) is 1. The fourth-order valence-corrected chi connectivity index (χ4v) is 3.06. The maximum atomic E-state index is 5.42. The first-order valence-electron chi connectivity index (χ1n) is 7.11. The van der Waals surface area contributed by atoms with Crippen molar-refractivity contribution < 1.29 is 0 Å². The summed E-state index contributed by atoms with van der Waals surface area (Å²) in [7, 11) is 0. The second-order valence-electron chi connectivity index (χ2n) is 5.82. The van der Waals surface area contributed by atoms with Crippen molar-refractivity contribution >= 4 is 22.8 Å². The van der Waals surface area contributed by atoms with Gasteiger partial charge in [0.15, 0.2) is 5.65 Å². The number of nitrogens with zero attached hydrogens (tertiary/aromatic N) is 3. The molecule has 0 saturated heterocycles. The second kappa shape index (κ2) is 5.24. The van der Waals surface area contributed by atoms with Gasteiger partial charge in [0.2, 0.25) is 5.95 Å². The Labute approximate surface area is 117 Å². The molecule has 1 aliphatic rings. The molecule has 7 nitrogen and oxygen atoms in total. The zero-order chi connectivity index (χ0) is 14.1. The fraction of sp³-hybridized carbons (Fsp3) is 0.615. The van der Waals surface area contributed by atoms with Gasteiger partial charge in [-0.25, -0.2) is 5.84 Å². The summed E-state index contributed by atoms with van der Waals surface area (Å²) in [5.41, 5.74) is 3.18. The van der Waals surface area contributed by atoms with Gasteiger partial charge in [0.1, 0.15) is 5.82 Å². The van der Waals surface area contributed by atoms with Gasteiger partial charge in [-0.2, -0.15) is 15.1 Å². The molecule has 2 aromatic heterocycles. The Hall–Kier alpha value is -1.89. The number of hydrazine groups is 1. The average molecular weight is 275 g/mol. The van der Waals surface area contributed by atoms with Gasteiger partial charge >= 0.3 is 0 Å². The summed E-state index contributed by atoms with van der Waals surface area (Å²) in [4.78, 5) is 8.65. The van der Waals surface area contributed by atoms with Crippen LogP contribution < -0.4 is 16.6 Å². The highest BCUT2D eigenvalue weighted by Gasteiger charge is 2.26. The molecule has 20 heavy (non-hydrogen) atoms. The normalized spacial score (nSPS) is 26.6. The number of hydrogen-bond donors (Lipinski definition) is 4. The SMILES string of the molecule is CC1CCC(Nc2nc(NN)nc3[nH]ncc23)C(C)C1. The van der Waals surface area contributed by atoms with Crippen LogP contribution >= 0.6 is 0 Å². The van der Waals surface area contributed by atoms with Crippen molar-refractivity contribution in [1.29, 1.82) is 0 Å². The number of aromatic amines is 1. The lowest BCUT2D eigenvalue weighted by molar-refractivity contribution is 0.276. The van der Waals surface area contributed by atoms with Crippen LogP contribution in [-0.2, 0) is 0 Å². The number of anilines is 2. The number of rotatable bonds is 3. The van der Waals surface area contributed by atoms with E-state index in [1.165, 1.54) is 12.8 Å². The topological polar surface area (TPSA) is 105 Å². The number of H-pyrrole nitrogens is 1. The Balaban J connectivity index is 1.88. The molecule has 0 spiro atoms. The highest BCUT2D eigenvalue weighted by Crippen LogP contribution is 2.31. The van der Waals surface area contributed by atoms with Crippen molar-refractivity contribution in [3.63, 3.8) is 0 Å². The van der Waals surface area contributed by atoms with Crippen LogP contribution in [0.15, 0.2) is 6.20 Å². The van der Waals surface area contributed by atoms with E-state index < -0.39 is 0 Å². The van der Waals surface area contributed by atoms with Crippen molar-refractivity contribution in [3.8, 4) is 0 Å². The van der Waals surface area contributed by atoms with E-state index in [4.69, 9.17) is 5.84 Å². The standard InChI is InChI=1S/C13H21N7/c1-7-3-4-10(8(2)5-7)16-11-9-6-15-20-12(9)18-13(17-11)19-14/h6-8,10H,3-5,14H2,1-2H3,(H3,15,16,17,18,19,20). The summed E-state index contributed by atoms with van der Waals surface area (Å²) in [5.74, 6) is 8.04. The lowest BCUT2D eigenvalue weighted by atomic mass is 9.80. The Bertz CT molecular complexity index is 593. The van der Waals surface area contributed by atoms with Crippen molar-refractivity contribution in [1.82, 2.24) is 20.2 Å². The van der Waals surface area contributed by atoms with Crippen LogP contribution in [0.25, 0.3) is 11.0 Å². The third kappa shape index (κ3) is 2.40. The van der Waals surface area contributed by atoms with Gasteiger partial charge in [0.25, 0.3) is 0 Å². The van der Waals surface area contributed by atoms with Gasteiger partial charge in [-0.15, -0.1) is 0 Å². The van der Waals surface area contributed by atoms with Gasteiger partial charge in [-0.1, -0.05) is 13.8 Å². The molecule has 3 rings (SSSR count). The molecule has 0 aliphatic heterocycles. The largest absolute Gasteiger partial charge is 0.366 e. The zero-order valence-electron chi connectivity index (χ0n) is 11.8. The van der Waals surface area contributed by atoms with Crippen LogP contribution in [0, 0.1) is 11.8 Å². The predicted molar refractivity (Wildman–Crippen MR) is 79.1 cm³/mol. The van der Waals surface area contributed by atoms with E-state index in [2.05, 4.69) is 44.8 Å². The molecule has 1 fully saturated rings. The van der Waals surface area contributed by atoms with Crippen molar-refractivity contribution in [2.75, 3.05) is 10.7 Å². The quantitative estimate of drug-likeness (QED) is 0.503. The third-order valence-electron chi connectivity index (χ3n) is 4.19. The van der Waals surface area contributed by atoms with Crippen molar-refractivity contribution in [3.05, 3.63) is 6.20 Å². The minimum Gasteiger partial charge on any atom is -0.366 e. The van der Waals surface area contributed by atoms with E-state index in [9.17, 15) is 0 Å². The minimum atomic E-state index is 0.390. The van der Waals surface area contributed by atoms with Gasteiger partial charge in [-0.3, -0.25) is 10.5 Å². The molecule has 1 aliphatic carbocycles. The number of nitrogen functional groups attached to an aromatic ring is 1. The zero-order valence-corrected chi connectivity index (χ0v) is 11.8. The monoisotopic (exact) mass is 275 g/mol. The average Bonchev–Trinajstić information content (AvgIpc) is 2.90. The molecule has 0 amide bonds. The Morgan fingerprint density at radius 3 is 2.90 bits per heavy atom. The van der Waals surface area contributed by atoms with Crippen LogP contribution in [0.3, 0.4) is 0 Å². The lowest BCUT2D eigenvalue weighted by Gasteiger charge is -2.33. The molecule has 3 atom stereocenters. The van der Waals surface area contributed by atoms with E-state index >= 15 is 0 Å². The van der Waals surface area contributed by atoms with Gasteiger partial charge in [0, 0.05) is 6.04 Å². The molecule has 2 heterocycles. The number of aromatic nitrogens is 4. The molecule has 5 N–H and O–H groups in total. The highest BCUT2D eigenvalue weighted by molar-refractivity contribution is 5.87. The minimum absolute atomic E-state index is 0.390. The van der Waals surface area contributed by atoms with Crippen molar-refractivity contribution in [2.24, 2.45) is 17.7 Å². The Morgan fingerprint density at radius 1 is 1.30 bits per heavy atom. The van der Waals surface area contributed by atoms with E-state index in [-0.39, 0.29) is 0 Å². The summed E-state index contributed by atoms with van der Waals surface area (Å²) >= 11 is 0. The lowest BCUT2D eigenvalue weighted by Crippen LogP contribution is -2.33. The summed E-state index contributed by atoms with van der Waals surface area (Å²) in [5, 5.41) is 11.3. The molecular formula is C13H21N7. The van der Waals surface area contributed by atoms with E-state index in [0.717, 1.165) is 23.5 Å². The molecule has 7 heteroatoms. The van der Waals surface area contributed by atoms with Crippen LogP contribution in [0.1, 0.15) is 33.1 Å². The van der Waals surface area contributed by atoms with Crippen LogP contribution in [0.5, 0.6) is 0 Å². The Kier molecular flexibility index (Phi) is 3.43. The molecule has 3 unspecified atom stereocenters. The van der Waals surface area contributed by atoms with E-state index in [1.807, 2.05) is 0 Å². The molecule has 0 aromatic carbocycles. The van der Waals surface area contributed by atoms with Crippen molar-refractivity contribution in [2.45, 2.75) is 39.2 Å². The maximum Gasteiger partial charge on any atom is 0.241 e. The number of nitrogens with one attached hydrogen (secondary N) is 3. The van der Waals surface area contributed by atoms with E-state index in [1.54, 1.807) is 6.20 Å². The van der Waals surface area contributed by atoms with Crippen LogP contribution in [0.4, 0.5) is 11.8 Å². The summed E-state index contributed by atoms with van der Waals surface area (Å²) < 4.78 is 0. The first-order chi connectivity index (χ1) is 9.67. The fourth-order valence-electron chi connectivity index (χ4n) is 3.06. The summed E-state index contributed by atoms with van der Waals surface area (Å²) in [6.45, 7) is 4.62. The molecular weight excluding hydrogens is 254 g/mol. The first-order valence-corrected chi connectivity index (χ1v) is 7.11. The third-order valence-corrected chi connectivity index (χ3v) is 4.19. The first kappa shape index (κ1) is 13.1. The number of fused-ring (bicyclic) bond motifs is 1.